The molecule has 0 fully saturated rings. The molecule has 0 bridgehead atoms. The molecule has 6 N–H and O–H groups in total. The summed E-state index contributed by atoms with van der Waals surface area (Å²) in [6.07, 6.45) is 9.13. The molecule has 0 spiro atoms. The van der Waals surface area contributed by atoms with Gasteiger partial charge in [-0.05, 0) is 184 Å². The van der Waals surface area contributed by atoms with E-state index < -0.39 is 65.5 Å². The summed E-state index contributed by atoms with van der Waals surface area (Å²) in [5, 5.41) is 7.72. The van der Waals surface area contributed by atoms with Gasteiger partial charge in [-0.3, -0.25) is 10.6 Å². The van der Waals surface area contributed by atoms with E-state index in [9.17, 15) is 34.8 Å². The van der Waals surface area contributed by atoms with Crippen LogP contribution in [-0.4, -0.2) is 109 Å². The summed E-state index contributed by atoms with van der Waals surface area (Å²) in [7, 11) is -11.9. The second-order valence-corrected chi connectivity index (χ2v) is 34.1. The van der Waals surface area contributed by atoms with Gasteiger partial charge < -0.3 is 63.8 Å². The van der Waals surface area contributed by atoms with Crippen molar-refractivity contribution >= 4 is 121 Å². The van der Waals surface area contributed by atoms with Gasteiger partial charge in [-0.15, -0.1) is 0 Å². The number of ether oxygens (including phenoxy) is 8. The summed E-state index contributed by atoms with van der Waals surface area (Å²) >= 11 is 2.15. The number of nitrogen functional groups attached to an aromatic ring is 1. The number of hydrogen-bond acceptors (Lipinski definition) is 23. The first-order chi connectivity index (χ1) is 55.0. The standard InChI is InChI=1S/C28H29N3O7S.C23H21N3O5S.C18H15NO5S.C10H13IN2O2.C4H9.Li/c1-28(2,3)38-27(32)30-25-16-19(11-12-29-25)26(24-15-18-7-4-5-8-21(18)37-24)31-39(33,34)20-9-10-22-23(17-20)36-14-6-13-35-22;24-22-13-16(8-9-25-22)23(21-12-15-4-1-2-5-18(15)31-21)26-32(27,28)17-6-7-19-20(14-17)30-11-3-10-29-19;20-25(21,15-6-7-17-18(11-15)23-9-3-8-22-17)19-12-14-10-13-4-1-2-5-16(13)24-14;1-10(2,3)15-9(14)13-8-6-7(11)4-5-12-8;1-3-4-2;/h4-5,7-12,15-17,26,31H,6,13-14H2,1-3H3,(H,29,30,32);1-2,4-9,12-14,23,26H,3,10-11H2,(H2,24,25);1-2,4-7,10-12H,3,8-9H2;4-6H,1-3H3,(H,12,13,14);1,3-4H2,2H3;/q;;;;-1;+1. The Labute approximate surface area is 698 Å². The van der Waals surface area contributed by atoms with Crippen molar-refractivity contribution in [1.82, 2.24) is 24.4 Å². The number of nitrogens with two attached hydrogens (primary N) is 1. The Balaban J connectivity index is 0.000000167. The van der Waals surface area contributed by atoms with Crippen LogP contribution in [0.25, 0.3) is 32.9 Å². The van der Waals surface area contributed by atoms with Crippen molar-refractivity contribution in [1.29, 1.82) is 0 Å². The van der Waals surface area contributed by atoms with E-state index in [1.165, 1.54) is 61.4 Å². The van der Waals surface area contributed by atoms with Crippen molar-refractivity contribution in [3.05, 3.63) is 239 Å². The molecular weight excluding hydrogens is 1660 g/mol. The van der Waals surface area contributed by atoms with Crippen LogP contribution in [0.2, 0.25) is 0 Å². The van der Waals surface area contributed by atoms with Gasteiger partial charge in [-0.1, -0.05) is 67.9 Å². The number of carbonyl (C=O) groups excluding carboxylic acids is 2. The Morgan fingerprint density at radius 2 is 0.879 bits per heavy atom. The zero-order chi connectivity index (χ0) is 81.9. The average Bonchev–Trinajstić information content (AvgIpc) is 1.60. The van der Waals surface area contributed by atoms with Gasteiger partial charge in [0.05, 0.1) is 60.5 Å². The first kappa shape index (κ1) is 87.7. The first-order valence-corrected chi connectivity index (χ1v) is 42.0. The fourth-order valence-electron chi connectivity index (χ4n) is 11.1. The number of anilines is 3. The van der Waals surface area contributed by atoms with Gasteiger partial charge in [0.15, 0.2) is 34.5 Å². The van der Waals surface area contributed by atoms with Crippen LogP contribution in [0.3, 0.4) is 0 Å². The van der Waals surface area contributed by atoms with Crippen LogP contribution in [0.1, 0.15) is 121 Å². The van der Waals surface area contributed by atoms with Gasteiger partial charge in [0.25, 0.3) is 10.0 Å². The van der Waals surface area contributed by atoms with Crippen LogP contribution in [0.4, 0.5) is 27.0 Å². The maximum Gasteiger partial charge on any atom is 1.00 e. The van der Waals surface area contributed by atoms with E-state index in [4.69, 9.17) is 56.9 Å². The minimum absolute atomic E-state index is 0. The van der Waals surface area contributed by atoms with E-state index in [2.05, 4.69) is 75.9 Å². The van der Waals surface area contributed by atoms with E-state index in [1.54, 1.807) is 93.7 Å². The van der Waals surface area contributed by atoms with E-state index in [-0.39, 0.29) is 45.2 Å². The molecule has 2 atom stereocenters. The summed E-state index contributed by atoms with van der Waals surface area (Å²) in [6.45, 7) is 19.4. The van der Waals surface area contributed by atoms with Crippen molar-refractivity contribution in [2.45, 2.75) is 119 Å². The molecule has 6 aromatic heterocycles. The zero-order valence-corrected chi connectivity index (χ0v) is 69.6. The van der Waals surface area contributed by atoms with Gasteiger partial charge in [0.2, 0.25) is 20.0 Å². The summed E-state index contributed by atoms with van der Waals surface area (Å²) in [6, 6.07) is 49.6. The Morgan fingerprint density at radius 1 is 0.500 bits per heavy atom. The molecule has 12 aromatic rings. The number of carbonyl (C=O) groups is 2. The summed E-state index contributed by atoms with van der Waals surface area (Å²) in [4.78, 5) is 36.0. The summed E-state index contributed by atoms with van der Waals surface area (Å²) in [5.74, 6) is 4.88. The molecule has 9 heterocycles. The number of furan rings is 3. The largest absolute Gasteiger partial charge is 1.00 e. The van der Waals surface area contributed by atoms with Crippen molar-refractivity contribution in [2.75, 3.05) is 56.0 Å². The predicted molar refractivity (Wildman–Crippen MR) is 444 cm³/mol. The van der Waals surface area contributed by atoms with Crippen molar-refractivity contribution in [2.24, 2.45) is 4.40 Å². The number of halogens is 1. The van der Waals surface area contributed by atoms with E-state index >= 15 is 0 Å². The zero-order valence-electron chi connectivity index (χ0n) is 65.0. The molecule has 3 aliphatic heterocycles. The van der Waals surface area contributed by atoms with Crippen LogP contribution < -0.4 is 73.1 Å². The molecule has 28 nitrogen and oxygen atoms in total. The molecule has 33 heteroatoms. The van der Waals surface area contributed by atoms with Crippen molar-refractivity contribution in [3.63, 3.8) is 0 Å². The van der Waals surface area contributed by atoms with E-state index in [0.717, 1.165) is 39.0 Å². The molecule has 3 aliphatic rings. The molecule has 0 saturated carbocycles. The summed E-state index contributed by atoms with van der Waals surface area (Å²) in [5.41, 5.74) is 7.71. The number of sulfonamides is 3. The molecule has 6 aromatic carbocycles. The third kappa shape index (κ3) is 24.9. The number of amides is 2. The van der Waals surface area contributed by atoms with Crippen LogP contribution in [0, 0.1) is 10.5 Å². The van der Waals surface area contributed by atoms with Crippen LogP contribution in [-0.2, 0) is 39.5 Å². The number of unbranched alkanes of at least 4 members (excludes halogenated alkanes) is 1. The Hall–Kier alpha value is -10.7. The van der Waals surface area contributed by atoms with Gasteiger partial charge >= 0.3 is 31.0 Å². The monoisotopic (exact) mass is 1740 g/mol. The van der Waals surface area contributed by atoms with Gasteiger partial charge in [-0.25, -0.2) is 41.4 Å². The number of nitrogens with one attached hydrogen (secondary N) is 4. The maximum atomic E-state index is 13.6. The maximum absolute atomic E-state index is 13.6. The molecule has 604 valence electrons. The summed E-state index contributed by atoms with van der Waals surface area (Å²) < 4.78 is 151. The number of fused-ring (bicyclic) bond motifs is 6. The Bertz CT molecular complexity index is 5670. The Morgan fingerprint density at radius 3 is 1.29 bits per heavy atom. The minimum Gasteiger partial charge on any atom is -0.490 e. The van der Waals surface area contributed by atoms with Gasteiger partial charge in [0.1, 0.15) is 74.8 Å². The normalized spacial score (nSPS) is 13.8. The number of aromatic nitrogens is 3. The third-order valence-electron chi connectivity index (χ3n) is 16.4. The van der Waals surface area contributed by atoms with Crippen molar-refractivity contribution in [3.8, 4) is 34.5 Å². The molecule has 15 rings (SSSR count). The number of para-hydroxylation sites is 3. The predicted octanol–water partition coefficient (Wildman–Crippen LogP) is 14.1. The van der Waals surface area contributed by atoms with Gasteiger partial charge in [0, 0.05) is 75.8 Å². The molecule has 2 amide bonds. The van der Waals surface area contributed by atoms with Crippen LogP contribution >= 0.6 is 22.6 Å². The van der Waals surface area contributed by atoms with Gasteiger partial charge in [-0.2, -0.15) is 28.7 Å². The molecule has 0 saturated heterocycles. The topological polar surface area (TPSA) is 375 Å². The van der Waals surface area contributed by atoms with Crippen molar-refractivity contribution < 1.29 is 105 Å². The first-order valence-electron chi connectivity index (χ1n) is 36.5. The van der Waals surface area contributed by atoms with Crippen LogP contribution in [0.5, 0.6) is 34.5 Å². The fourth-order valence-corrected chi connectivity index (χ4v) is 14.9. The van der Waals surface area contributed by atoms with E-state index in [0.29, 0.717) is 132 Å². The molecule has 116 heavy (non-hydrogen) atoms. The average molecular weight is 1740 g/mol. The Kier molecular flexibility index (Phi) is 30.1. The minimum atomic E-state index is -4.08. The molecular formula is C83H87ILiN9O19S3. The SMILES string of the molecule is CC(C)(C)OC(=O)Nc1cc(C(NS(=O)(=O)c2ccc3c(c2)OCCCO3)c2cc3ccccc3o2)ccn1.CC(C)(C)OC(=O)Nc1cc(I)ccn1.Nc1cc(C(NS(=O)(=O)c2ccc3c(c2)OCCCO3)c2cc3ccccc3o2)ccn1.O=S(=O)(N=Cc1cc2ccccc2o1)c1ccc2c(c1)OCCCO2.[CH2-]CCC.[Li+]. The number of benzene rings is 6. The molecule has 0 aliphatic carbocycles. The second kappa shape index (κ2) is 39.8. The fraction of sp³-hybridized carbons (Fsp3) is 0.265. The number of nitrogens with zero attached hydrogens (tertiary/aromatic N) is 4. The second-order valence-electron chi connectivity index (χ2n) is 27.8. The number of rotatable bonds is 16. The quantitative estimate of drug-likeness (QED) is 0.0260. The number of pyridine rings is 3. The third-order valence-corrected chi connectivity index (χ3v) is 21.2. The van der Waals surface area contributed by atoms with E-state index in [1.807, 2.05) is 99.6 Å². The molecule has 2 unspecified atom stereocenters. The van der Waals surface area contributed by atoms with Crippen LogP contribution in [0.15, 0.2) is 233 Å². The smallest absolute Gasteiger partial charge is 0.490 e. The number of hydrogen-bond donors (Lipinski definition) is 5. The molecule has 0 radical (unpaired) electrons.